The number of rotatable bonds is 7. The minimum absolute atomic E-state index is 0.186. The van der Waals surface area contributed by atoms with Crippen molar-refractivity contribution in [3.05, 3.63) is 48.3 Å². The zero-order chi connectivity index (χ0) is 20.6. The lowest BCUT2D eigenvalue weighted by Crippen LogP contribution is -2.49. The van der Waals surface area contributed by atoms with Gasteiger partial charge in [0.2, 0.25) is 0 Å². The van der Waals surface area contributed by atoms with Gasteiger partial charge in [-0.1, -0.05) is 12.1 Å². The monoisotopic (exact) mass is 402 g/mol. The molecule has 1 fully saturated rings. The fourth-order valence-electron chi connectivity index (χ4n) is 3.34. The molecule has 0 atom stereocenters. The second kappa shape index (κ2) is 9.97. The Hall–Kier alpha value is -3.00. The summed E-state index contributed by atoms with van der Waals surface area (Å²) in [6.45, 7) is 4.45. The average molecular weight is 402 g/mol. The van der Waals surface area contributed by atoms with E-state index in [1.54, 1.807) is 38.5 Å². The van der Waals surface area contributed by atoms with E-state index in [4.69, 9.17) is 9.47 Å². The van der Waals surface area contributed by atoms with Crippen LogP contribution >= 0.6 is 0 Å². The summed E-state index contributed by atoms with van der Waals surface area (Å²) < 4.78 is 24.3. The summed E-state index contributed by atoms with van der Waals surface area (Å²) in [5.74, 6) is 0.973. The van der Waals surface area contributed by atoms with Crippen molar-refractivity contribution in [3.8, 4) is 11.5 Å². The topological polar surface area (TPSA) is 66.1 Å². The third-order valence-electron chi connectivity index (χ3n) is 4.92. The maximum atomic E-state index is 13.9. The number of ether oxygens (including phenoxy) is 2. The van der Waals surface area contributed by atoms with Crippen LogP contribution < -0.4 is 25.0 Å². The smallest absolute Gasteiger partial charge is 0.319 e. The molecule has 2 amide bonds. The van der Waals surface area contributed by atoms with Gasteiger partial charge in [-0.2, -0.15) is 0 Å². The second-order valence-electron chi connectivity index (χ2n) is 6.73. The highest BCUT2D eigenvalue weighted by Crippen LogP contribution is 2.29. The number of piperazine rings is 1. The molecule has 0 radical (unpaired) electrons. The molecule has 2 aromatic carbocycles. The summed E-state index contributed by atoms with van der Waals surface area (Å²) in [6, 6.07) is 11.8. The molecular formula is C21H27FN4O3. The molecule has 0 aliphatic carbocycles. The van der Waals surface area contributed by atoms with Crippen LogP contribution in [0.25, 0.3) is 0 Å². The predicted octanol–water partition coefficient (Wildman–Crippen LogP) is 2.79. The van der Waals surface area contributed by atoms with Crippen molar-refractivity contribution >= 4 is 17.4 Å². The van der Waals surface area contributed by atoms with Gasteiger partial charge in [0.1, 0.15) is 5.82 Å². The quantitative estimate of drug-likeness (QED) is 0.746. The van der Waals surface area contributed by atoms with E-state index in [1.165, 1.54) is 6.07 Å². The Labute approximate surface area is 170 Å². The summed E-state index contributed by atoms with van der Waals surface area (Å²) in [6.07, 6.45) is 0. The number of benzene rings is 2. The Bertz CT molecular complexity index is 825. The first kappa shape index (κ1) is 20.7. The number of methoxy groups -OCH3 is 2. The van der Waals surface area contributed by atoms with Gasteiger partial charge in [0, 0.05) is 51.0 Å². The maximum absolute atomic E-state index is 13.9. The van der Waals surface area contributed by atoms with Gasteiger partial charge in [-0.25, -0.2) is 9.18 Å². The number of urea groups is 1. The number of anilines is 2. The van der Waals surface area contributed by atoms with Crippen molar-refractivity contribution in [1.82, 2.24) is 10.2 Å². The summed E-state index contributed by atoms with van der Waals surface area (Å²) in [5.41, 5.74) is 1.28. The van der Waals surface area contributed by atoms with E-state index < -0.39 is 0 Å². The minimum atomic E-state index is -0.276. The van der Waals surface area contributed by atoms with Crippen molar-refractivity contribution < 1.29 is 18.7 Å². The summed E-state index contributed by atoms with van der Waals surface area (Å²) in [5, 5.41) is 5.65. The molecule has 0 unspecified atom stereocenters. The molecule has 0 saturated carbocycles. The molecule has 1 heterocycles. The number of nitrogens with one attached hydrogen (secondary N) is 2. The highest BCUT2D eigenvalue weighted by Gasteiger charge is 2.19. The molecule has 0 aromatic heterocycles. The average Bonchev–Trinajstić information content (AvgIpc) is 2.74. The SMILES string of the molecule is COc1ccc(NC(=O)NCCN2CCN(c3ccccc3F)CC2)cc1OC. The predicted molar refractivity (Wildman–Crippen MR) is 112 cm³/mol. The molecule has 1 aliphatic rings. The number of halogens is 1. The number of amides is 2. The van der Waals surface area contributed by atoms with E-state index in [2.05, 4.69) is 20.4 Å². The molecule has 3 rings (SSSR count). The van der Waals surface area contributed by atoms with Crippen LogP contribution in [-0.2, 0) is 0 Å². The number of hydrogen-bond donors (Lipinski definition) is 2. The number of nitrogens with zero attached hydrogens (tertiary/aromatic N) is 2. The minimum Gasteiger partial charge on any atom is -0.493 e. The van der Waals surface area contributed by atoms with E-state index in [9.17, 15) is 9.18 Å². The van der Waals surface area contributed by atoms with Crippen LogP contribution in [0.4, 0.5) is 20.6 Å². The van der Waals surface area contributed by atoms with Crippen LogP contribution in [0.3, 0.4) is 0 Å². The summed E-state index contributed by atoms with van der Waals surface area (Å²) in [7, 11) is 3.11. The van der Waals surface area contributed by atoms with E-state index in [-0.39, 0.29) is 11.8 Å². The van der Waals surface area contributed by atoms with Crippen LogP contribution in [0.15, 0.2) is 42.5 Å². The first-order valence-corrected chi connectivity index (χ1v) is 9.59. The van der Waals surface area contributed by atoms with Gasteiger partial charge in [-0.15, -0.1) is 0 Å². The van der Waals surface area contributed by atoms with Crippen LogP contribution in [0.1, 0.15) is 0 Å². The fraction of sp³-hybridized carbons (Fsp3) is 0.381. The molecule has 8 heteroatoms. The third kappa shape index (κ3) is 5.51. The first-order chi connectivity index (χ1) is 14.1. The van der Waals surface area contributed by atoms with Gasteiger partial charge in [0.15, 0.2) is 11.5 Å². The summed E-state index contributed by atoms with van der Waals surface area (Å²) >= 11 is 0. The van der Waals surface area contributed by atoms with E-state index in [0.717, 1.165) is 32.7 Å². The Balaban J connectivity index is 1.39. The molecule has 1 aliphatic heterocycles. The maximum Gasteiger partial charge on any atom is 0.319 e. The van der Waals surface area contributed by atoms with Gasteiger partial charge in [0.25, 0.3) is 0 Å². The number of hydrogen-bond acceptors (Lipinski definition) is 5. The number of carbonyl (C=O) groups is 1. The Morgan fingerprint density at radius 3 is 2.45 bits per heavy atom. The molecular weight excluding hydrogens is 375 g/mol. The Kier molecular flexibility index (Phi) is 7.13. The van der Waals surface area contributed by atoms with Crippen molar-refractivity contribution in [2.45, 2.75) is 0 Å². The fourth-order valence-corrected chi connectivity index (χ4v) is 3.34. The Morgan fingerprint density at radius 2 is 1.76 bits per heavy atom. The van der Waals surface area contributed by atoms with Crippen molar-refractivity contribution in [2.24, 2.45) is 0 Å². The largest absolute Gasteiger partial charge is 0.493 e. The number of carbonyl (C=O) groups excluding carboxylic acids is 1. The highest BCUT2D eigenvalue weighted by molar-refractivity contribution is 5.89. The van der Waals surface area contributed by atoms with E-state index in [1.807, 2.05) is 12.1 Å². The van der Waals surface area contributed by atoms with Gasteiger partial charge in [-0.3, -0.25) is 4.90 Å². The van der Waals surface area contributed by atoms with Gasteiger partial charge in [-0.05, 0) is 24.3 Å². The summed E-state index contributed by atoms with van der Waals surface area (Å²) in [4.78, 5) is 16.4. The van der Waals surface area contributed by atoms with Crippen molar-refractivity contribution in [1.29, 1.82) is 0 Å². The molecule has 2 aromatic rings. The van der Waals surface area contributed by atoms with Gasteiger partial charge >= 0.3 is 6.03 Å². The zero-order valence-corrected chi connectivity index (χ0v) is 16.8. The van der Waals surface area contributed by atoms with Gasteiger partial charge < -0.3 is 25.0 Å². The van der Waals surface area contributed by atoms with Crippen molar-refractivity contribution in [3.63, 3.8) is 0 Å². The van der Waals surface area contributed by atoms with Crippen LogP contribution in [0, 0.1) is 5.82 Å². The molecule has 7 nitrogen and oxygen atoms in total. The normalized spacial score (nSPS) is 14.4. The molecule has 1 saturated heterocycles. The van der Waals surface area contributed by atoms with Crippen LogP contribution in [0.2, 0.25) is 0 Å². The zero-order valence-electron chi connectivity index (χ0n) is 16.8. The molecule has 29 heavy (non-hydrogen) atoms. The molecule has 156 valence electrons. The Morgan fingerprint density at radius 1 is 1.03 bits per heavy atom. The number of para-hydroxylation sites is 1. The highest BCUT2D eigenvalue weighted by atomic mass is 19.1. The van der Waals surface area contributed by atoms with Crippen molar-refractivity contribution in [2.75, 3.05) is 63.7 Å². The van der Waals surface area contributed by atoms with E-state index in [0.29, 0.717) is 29.4 Å². The lowest BCUT2D eigenvalue weighted by atomic mass is 10.2. The lowest BCUT2D eigenvalue weighted by molar-refractivity contribution is 0.240. The molecule has 2 N–H and O–H groups in total. The third-order valence-corrected chi connectivity index (χ3v) is 4.92. The first-order valence-electron chi connectivity index (χ1n) is 9.59. The van der Waals surface area contributed by atoms with Crippen LogP contribution in [-0.4, -0.2) is 64.4 Å². The lowest BCUT2D eigenvalue weighted by Gasteiger charge is -2.36. The van der Waals surface area contributed by atoms with E-state index >= 15 is 0 Å². The molecule has 0 spiro atoms. The standard InChI is InChI=1S/C21H27FN4O3/c1-28-19-8-7-16(15-20(19)29-2)24-21(27)23-9-10-25-11-13-26(14-12-25)18-6-4-3-5-17(18)22/h3-8,15H,9-14H2,1-2H3,(H2,23,24,27). The van der Waals surface area contributed by atoms with Gasteiger partial charge in [0.05, 0.1) is 19.9 Å². The molecule has 0 bridgehead atoms. The van der Waals surface area contributed by atoms with Crippen LogP contribution in [0.5, 0.6) is 11.5 Å². The second-order valence-corrected chi connectivity index (χ2v) is 6.73.